The van der Waals surface area contributed by atoms with Gasteiger partial charge < -0.3 is 0 Å². The van der Waals surface area contributed by atoms with E-state index < -0.39 is 24.2 Å². The molecule has 0 N–H and O–H groups in total. The minimum absolute atomic E-state index is 0.193. The lowest BCUT2D eigenvalue weighted by atomic mass is 9.85. The van der Waals surface area contributed by atoms with Crippen molar-refractivity contribution in [1.29, 1.82) is 0 Å². The van der Waals surface area contributed by atoms with E-state index in [0.29, 0.717) is 22.3 Å². The van der Waals surface area contributed by atoms with Crippen LogP contribution in [0.4, 0.5) is 0 Å². The molecule has 0 saturated carbocycles. The maximum atomic E-state index is 9.40. The van der Waals surface area contributed by atoms with Crippen molar-refractivity contribution >= 4 is 64.6 Å². The van der Waals surface area contributed by atoms with Crippen LogP contribution < -0.4 is 0 Å². The molecule has 11 aromatic carbocycles. The van der Waals surface area contributed by atoms with Gasteiger partial charge in [0.15, 0.2) is 0 Å². The van der Waals surface area contributed by atoms with E-state index in [-0.39, 0.29) is 45.7 Å². The fourth-order valence-electron chi connectivity index (χ4n) is 8.33. The Morgan fingerprint density at radius 1 is 0.278 bits per heavy atom. The van der Waals surface area contributed by atoms with Crippen LogP contribution in [0, 0.1) is 0 Å². The Bertz CT molecular complexity index is 3630. The molecule has 11 aromatic rings. The molecular weight excluding hydrogens is 649 g/mol. The highest BCUT2D eigenvalue weighted by Gasteiger charge is 2.17. The summed E-state index contributed by atoms with van der Waals surface area (Å²) in [7, 11) is 0. The first-order chi connectivity index (χ1) is 30.1. The average Bonchev–Trinajstić information content (AvgIpc) is 3.32. The third-order valence-corrected chi connectivity index (χ3v) is 10.9. The minimum atomic E-state index is -0.423. The molecule has 0 heteroatoms. The van der Waals surface area contributed by atoms with E-state index in [1.165, 1.54) is 16.2 Å². The van der Waals surface area contributed by atoms with Gasteiger partial charge in [0.25, 0.3) is 0 Å². The van der Waals surface area contributed by atoms with E-state index >= 15 is 0 Å². The average molecular weight is 691 g/mol. The Balaban J connectivity index is 1.16. The van der Waals surface area contributed by atoms with E-state index in [9.17, 15) is 5.48 Å². The minimum Gasteiger partial charge on any atom is -0.0616 e. The van der Waals surface area contributed by atoms with Gasteiger partial charge in [-0.3, -0.25) is 0 Å². The Kier molecular flexibility index (Phi) is 5.36. The first-order valence-corrected chi connectivity index (χ1v) is 18.1. The lowest BCUT2D eigenvalue weighted by molar-refractivity contribution is 1.62. The zero-order valence-electron chi connectivity index (χ0n) is 37.0. The van der Waals surface area contributed by atoms with E-state index in [1.54, 1.807) is 0 Å². The molecule has 0 heterocycles. The van der Waals surface area contributed by atoms with Crippen molar-refractivity contribution in [3.05, 3.63) is 206 Å². The van der Waals surface area contributed by atoms with Crippen molar-refractivity contribution in [3.8, 4) is 44.5 Å². The summed E-state index contributed by atoms with van der Waals surface area (Å²) >= 11 is 0. The second kappa shape index (κ2) is 12.3. The molecule has 0 spiro atoms. The third-order valence-electron chi connectivity index (χ3n) is 10.9. The van der Waals surface area contributed by atoms with Gasteiger partial charge in [0.2, 0.25) is 0 Å². The molecule has 0 aromatic heterocycles. The van der Waals surface area contributed by atoms with Gasteiger partial charge in [0, 0.05) is 0 Å². The van der Waals surface area contributed by atoms with Crippen LogP contribution in [-0.4, -0.2) is 0 Å². The molecule has 0 nitrogen and oxygen atoms in total. The topological polar surface area (TPSA) is 0 Å². The first-order valence-electron chi connectivity index (χ1n) is 22.1. The number of benzene rings is 11. The Hall–Kier alpha value is -7.02. The van der Waals surface area contributed by atoms with Gasteiger partial charge in [-0.15, -0.1) is 0 Å². The number of fused-ring (bicyclic) bond motifs is 8. The normalized spacial score (nSPS) is 13.8. The zero-order valence-corrected chi connectivity index (χ0v) is 29.0. The molecule has 0 aliphatic rings. The molecule has 11 rings (SSSR count). The van der Waals surface area contributed by atoms with Crippen LogP contribution in [0.3, 0.4) is 0 Å². The summed E-state index contributed by atoms with van der Waals surface area (Å²) in [5.74, 6) is 0. The molecular formula is C54H34. The summed E-state index contributed by atoms with van der Waals surface area (Å²) in [6.45, 7) is 0. The van der Waals surface area contributed by atoms with Gasteiger partial charge in [0.1, 0.15) is 0 Å². The third kappa shape index (κ3) is 4.85. The summed E-state index contributed by atoms with van der Waals surface area (Å²) in [4.78, 5) is 0. The largest absolute Gasteiger partial charge is 0.0629 e. The van der Waals surface area contributed by atoms with E-state index in [2.05, 4.69) is 84.9 Å². The molecule has 250 valence electrons. The molecule has 0 amide bonds. The van der Waals surface area contributed by atoms with Gasteiger partial charge in [0.05, 0.1) is 11.0 Å². The lowest BCUT2D eigenvalue weighted by Crippen LogP contribution is -1.91. The van der Waals surface area contributed by atoms with Crippen molar-refractivity contribution in [2.75, 3.05) is 0 Å². The highest BCUT2D eigenvalue weighted by Crippen LogP contribution is 2.45. The maximum Gasteiger partial charge on any atom is 0.0629 e. The SMILES string of the molecule is [2H]c1c([2H])c([2H])c2c(-c3ccc(-c4cc5ccc6ccccc6c5c5ccccc45)cc3)c3c([2H])c([2H])c([2H])c([2H])c3c(-c3ccc(-c4ccc5ccccc5c4)cc3)c2c1[2H]. The fraction of sp³-hybridized carbons (Fsp3) is 0. The standard InChI is InChI=1S/C54H34/c1-2-13-41-33-42(31-23-35(41)11-1)36-21-27-39(28-22-36)52-47-17-7-9-19-49(47)53(50-20-10-8-18-48(50)52)40-29-24-38(25-30-40)51-34-43-32-26-37-12-3-4-14-44(37)54(43)46-16-6-5-15-45(46)51/h1-34H/i7D,8D,9D,10D,17D,18D,19D,20D. The lowest BCUT2D eigenvalue weighted by Gasteiger charge is -2.18. The molecule has 0 aliphatic heterocycles. The first kappa shape index (κ1) is 23.5. The van der Waals surface area contributed by atoms with E-state index in [4.69, 9.17) is 5.48 Å². The molecule has 0 atom stereocenters. The van der Waals surface area contributed by atoms with Crippen LogP contribution in [0.25, 0.3) is 109 Å². The van der Waals surface area contributed by atoms with Gasteiger partial charge in [-0.2, -0.15) is 0 Å². The smallest absolute Gasteiger partial charge is 0.0616 e. The summed E-state index contributed by atoms with van der Waals surface area (Å²) in [5.41, 5.74) is 5.67. The summed E-state index contributed by atoms with van der Waals surface area (Å²) in [6, 6.07) is 50.2. The highest BCUT2D eigenvalue weighted by atomic mass is 14.2. The van der Waals surface area contributed by atoms with E-state index in [0.717, 1.165) is 49.2 Å². The van der Waals surface area contributed by atoms with Gasteiger partial charge >= 0.3 is 0 Å². The van der Waals surface area contributed by atoms with Crippen molar-refractivity contribution in [3.63, 3.8) is 0 Å². The molecule has 0 saturated heterocycles. The van der Waals surface area contributed by atoms with Crippen molar-refractivity contribution in [2.24, 2.45) is 0 Å². The van der Waals surface area contributed by atoms with Crippen molar-refractivity contribution in [1.82, 2.24) is 0 Å². The second-order valence-electron chi connectivity index (χ2n) is 13.8. The Morgan fingerprint density at radius 2 is 0.722 bits per heavy atom. The van der Waals surface area contributed by atoms with Gasteiger partial charge in [-0.25, -0.2) is 0 Å². The van der Waals surface area contributed by atoms with Crippen LogP contribution in [0.2, 0.25) is 0 Å². The Morgan fingerprint density at radius 3 is 1.35 bits per heavy atom. The van der Waals surface area contributed by atoms with Crippen LogP contribution >= 0.6 is 0 Å². The summed E-state index contributed by atoms with van der Waals surface area (Å²) in [5, 5.41) is 9.84. The maximum absolute atomic E-state index is 9.40. The Labute approximate surface area is 325 Å². The van der Waals surface area contributed by atoms with Crippen LogP contribution in [-0.2, 0) is 0 Å². The molecule has 0 unspecified atom stereocenters. The number of rotatable bonds is 4. The van der Waals surface area contributed by atoms with Crippen LogP contribution in [0.1, 0.15) is 11.0 Å². The fourth-order valence-corrected chi connectivity index (χ4v) is 8.33. The molecule has 0 fully saturated rings. The molecule has 0 bridgehead atoms. The predicted molar refractivity (Wildman–Crippen MR) is 233 cm³/mol. The summed E-state index contributed by atoms with van der Waals surface area (Å²) in [6.07, 6.45) is 0. The highest BCUT2D eigenvalue weighted by molar-refractivity contribution is 6.24. The molecule has 0 aliphatic carbocycles. The molecule has 0 radical (unpaired) electrons. The van der Waals surface area contributed by atoms with Crippen LogP contribution in [0.5, 0.6) is 0 Å². The monoisotopic (exact) mass is 690 g/mol. The van der Waals surface area contributed by atoms with Crippen molar-refractivity contribution < 1.29 is 11.0 Å². The quantitative estimate of drug-likeness (QED) is 0.127. The predicted octanol–water partition coefficient (Wildman–Crippen LogP) is 15.3. The summed E-state index contributed by atoms with van der Waals surface area (Å²) < 4.78 is 73.0. The zero-order chi connectivity index (χ0) is 42.6. The van der Waals surface area contributed by atoms with Crippen molar-refractivity contribution in [2.45, 2.75) is 0 Å². The van der Waals surface area contributed by atoms with Gasteiger partial charge in [-0.1, -0.05) is 194 Å². The molecule has 54 heavy (non-hydrogen) atoms. The van der Waals surface area contributed by atoms with Crippen LogP contribution in [0.15, 0.2) is 206 Å². The number of hydrogen-bond acceptors (Lipinski definition) is 0. The number of hydrogen-bond donors (Lipinski definition) is 0. The second-order valence-corrected chi connectivity index (χ2v) is 13.8. The van der Waals surface area contributed by atoms with Gasteiger partial charge in [-0.05, 0) is 121 Å². The van der Waals surface area contributed by atoms with E-state index in [1.807, 2.05) is 72.8 Å².